The van der Waals surface area contributed by atoms with Gasteiger partial charge in [0.15, 0.2) is 0 Å². The Hall–Kier alpha value is -1.45. The van der Waals surface area contributed by atoms with E-state index >= 15 is 0 Å². The SMILES string of the molecule is Cc1ccc(NC(=O)CN(C)S(=O)(=O)c2ccccc2)cc1I. The number of carbonyl (C=O) groups excluding carboxylic acids is 1. The maximum atomic E-state index is 12.4. The summed E-state index contributed by atoms with van der Waals surface area (Å²) >= 11 is 2.19. The number of benzene rings is 2. The number of likely N-dealkylation sites (N-methyl/N-ethyl adjacent to an activating group) is 1. The molecular formula is C16H17IN2O3S. The van der Waals surface area contributed by atoms with Crippen LogP contribution in [0.2, 0.25) is 0 Å². The number of rotatable bonds is 5. The molecule has 23 heavy (non-hydrogen) atoms. The molecule has 0 aliphatic carbocycles. The Bertz CT molecular complexity index is 807. The van der Waals surface area contributed by atoms with Crippen LogP contribution in [0.1, 0.15) is 5.56 Å². The molecule has 5 nitrogen and oxygen atoms in total. The molecule has 1 amide bonds. The van der Waals surface area contributed by atoms with Crippen molar-refractivity contribution in [3.8, 4) is 0 Å². The number of nitrogens with zero attached hydrogens (tertiary/aromatic N) is 1. The Balaban J connectivity index is 2.06. The first-order valence-corrected chi connectivity index (χ1v) is 9.40. The van der Waals surface area contributed by atoms with Crippen molar-refractivity contribution in [2.75, 3.05) is 18.9 Å². The minimum absolute atomic E-state index is 0.167. The van der Waals surface area contributed by atoms with Crippen LogP contribution in [0.15, 0.2) is 53.4 Å². The first-order valence-electron chi connectivity index (χ1n) is 6.88. The molecule has 0 atom stereocenters. The molecule has 0 heterocycles. The largest absolute Gasteiger partial charge is 0.325 e. The summed E-state index contributed by atoms with van der Waals surface area (Å²) < 4.78 is 26.8. The molecule has 1 N–H and O–H groups in total. The van der Waals surface area contributed by atoms with Crippen molar-refractivity contribution in [3.63, 3.8) is 0 Å². The third kappa shape index (κ3) is 4.52. The van der Waals surface area contributed by atoms with Crippen molar-refractivity contribution < 1.29 is 13.2 Å². The van der Waals surface area contributed by atoms with E-state index in [0.717, 1.165) is 13.4 Å². The van der Waals surface area contributed by atoms with E-state index in [1.165, 1.54) is 19.2 Å². The fourth-order valence-electron chi connectivity index (χ4n) is 1.93. The normalized spacial score (nSPS) is 11.5. The summed E-state index contributed by atoms with van der Waals surface area (Å²) in [4.78, 5) is 12.2. The predicted octanol–water partition coefficient (Wildman–Crippen LogP) is 2.86. The molecule has 0 aromatic heterocycles. The van der Waals surface area contributed by atoms with Crippen LogP contribution < -0.4 is 5.32 Å². The Morgan fingerprint density at radius 3 is 2.43 bits per heavy atom. The monoisotopic (exact) mass is 444 g/mol. The summed E-state index contributed by atoms with van der Waals surface area (Å²) in [6, 6.07) is 13.6. The fourth-order valence-corrected chi connectivity index (χ4v) is 3.59. The number of aryl methyl sites for hydroxylation is 1. The second-order valence-corrected chi connectivity index (χ2v) is 8.29. The topological polar surface area (TPSA) is 66.5 Å². The molecule has 2 aromatic rings. The Labute approximate surface area is 149 Å². The molecule has 0 aliphatic rings. The van der Waals surface area contributed by atoms with Gasteiger partial charge in [-0.3, -0.25) is 4.79 Å². The van der Waals surface area contributed by atoms with Crippen LogP contribution >= 0.6 is 22.6 Å². The van der Waals surface area contributed by atoms with E-state index in [1.807, 2.05) is 19.1 Å². The third-order valence-electron chi connectivity index (χ3n) is 3.27. The molecule has 2 rings (SSSR count). The highest BCUT2D eigenvalue weighted by Gasteiger charge is 2.22. The molecule has 0 saturated carbocycles. The highest BCUT2D eigenvalue weighted by molar-refractivity contribution is 14.1. The molecule has 0 spiro atoms. The predicted molar refractivity (Wildman–Crippen MR) is 98.8 cm³/mol. The van der Waals surface area contributed by atoms with Crippen LogP contribution in [0.25, 0.3) is 0 Å². The minimum Gasteiger partial charge on any atom is -0.325 e. The summed E-state index contributed by atoms with van der Waals surface area (Å²) in [5.74, 6) is -0.383. The van der Waals surface area contributed by atoms with Gasteiger partial charge in [-0.05, 0) is 59.3 Å². The second kappa shape index (κ2) is 7.41. The summed E-state index contributed by atoms with van der Waals surface area (Å²) in [6.45, 7) is 1.73. The van der Waals surface area contributed by atoms with Gasteiger partial charge in [0.1, 0.15) is 0 Å². The lowest BCUT2D eigenvalue weighted by atomic mass is 10.2. The Morgan fingerprint density at radius 2 is 1.83 bits per heavy atom. The van der Waals surface area contributed by atoms with E-state index in [2.05, 4.69) is 27.9 Å². The van der Waals surface area contributed by atoms with Gasteiger partial charge < -0.3 is 5.32 Å². The van der Waals surface area contributed by atoms with E-state index < -0.39 is 10.0 Å². The van der Waals surface area contributed by atoms with Crippen molar-refractivity contribution in [1.29, 1.82) is 0 Å². The van der Waals surface area contributed by atoms with Crippen molar-refractivity contribution in [2.24, 2.45) is 0 Å². The molecule has 122 valence electrons. The van der Waals surface area contributed by atoms with Gasteiger partial charge in [0, 0.05) is 16.3 Å². The molecule has 2 aromatic carbocycles. The number of hydrogen-bond acceptors (Lipinski definition) is 3. The zero-order chi connectivity index (χ0) is 17.0. The van der Waals surface area contributed by atoms with Gasteiger partial charge >= 0.3 is 0 Å². The van der Waals surface area contributed by atoms with Gasteiger partial charge in [-0.15, -0.1) is 0 Å². The summed E-state index contributed by atoms with van der Waals surface area (Å²) in [6.07, 6.45) is 0. The third-order valence-corrected chi connectivity index (χ3v) is 6.25. The molecule has 0 saturated heterocycles. The van der Waals surface area contributed by atoms with Gasteiger partial charge in [0.05, 0.1) is 11.4 Å². The van der Waals surface area contributed by atoms with E-state index in [1.54, 1.807) is 24.3 Å². The Kier molecular flexibility index (Phi) is 5.77. The lowest BCUT2D eigenvalue weighted by Gasteiger charge is -2.17. The van der Waals surface area contributed by atoms with Crippen molar-refractivity contribution in [3.05, 3.63) is 57.7 Å². The van der Waals surface area contributed by atoms with Gasteiger partial charge in [0.2, 0.25) is 15.9 Å². The first-order chi connectivity index (χ1) is 10.8. The fraction of sp³-hybridized carbons (Fsp3) is 0.188. The number of nitrogens with one attached hydrogen (secondary N) is 1. The van der Waals surface area contributed by atoms with Crippen molar-refractivity contribution >= 4 is 44.2 Å². The second-order valence-electron chi connectivity index (χ2n) is 5.09. The lowest BCUT2D eigenvalue weighted by molar-refractivity contribution is -0.116. The van der Waals surface area contributed by atoms with E-state index in [0.29, 0.717) is 5.69 Å². The first kappa shape index (κ1) is 17.9. The lowest BCUT2D eigenvalue weighted by Crippen LogP contribution is -2.34. The summed E-state index contributed by atoms with van der Waals surface area (Å²) in [5, 5.41) is 2.71. The summed E-state index contributed by atoms with van der Waals surface area (Å²) in [5.41, 5.74) is 1.77. The quantitative estimate of drug-likeness (QED) is 0.722. The average Bonchev–Trinajstić information content (AvgIpc) is 2.51. The van der Waals surface area contributed by atoms with Crippen molar-refractivity contribution in [1.82, 2.24) is 4.31 Å². The van der Waals surface area contributed by atoms with Crippen LogP contribution in [0.5, 0.6) is 0 Å². The van der Waals surface area contributed by atoms with Gasteiger partial charge in [0.25, 0.3) is 0 Å². The molecule has 0 bridgehead atoms. The van der Waals surface area contributed by atoms with Crippen LogP contribution in [-0.2, 0) is 14.8 Å². The number of sulfonamides is 1. The van der Waals surface area contributed by atoms with E-state index in [9.17, 15) is 13.2 Å². The van der Waals surface area contributed by atoms with Crippen molar-refractivity contribution in [2.45, 2.75) is 11.8 Å². The number of hydrogen-bond donors (Lipinski definition) is 1. The van der Waals surface area contributed by atoms with E-state index in [-0.39, 0.29) is 17.3 Å². The zero-order valence-electron chi connectivity index (χ0n) is 12.8. The molecule has 7 heteroatoms. The molecular weight excluding hydrogens is 427 g/mol. The molecule has 0 fully saturated rings. The van der Waals surface area contributed by atoms with Crippen LogP contribution in [0.3, 0.4) is 0 Å². The van der Waals surface area contributed by atoms with Crippen LogP contribution in [0.4, 0.5) is 5.69 Å². The van der Waals surface area contributed by atoms with Gasteiger partial charge in [-0.2, -0.15) is 4.31 Å². The number of amides is 1. The van der Waals surface area contributed by atoms with E-state index in [4.69, 9.17) is 0 Å². The maximum Gasteiger partial charge on any atom is 0.243 e. The standard InChI is InChI=1S/C16H17IN2O3S/c1-12-8-9-13(10-15(12)17)18-16(20)11-19(2)23(21,22)14-6-4-3-5-7-14/h3-10H,11H2,1-2H3,(H,18,20). The average molecular weight is 444 g/mol. The van der Waals surface area contributed by atoms with Gasteiger partial charge in [-0.25, -0.2) is 8.42 Å². The highest BCUT2D eigenvalue weighted by Crippen LogP contribution is 2.17. The number of halogens is 1. The Morgan fingerprint density at radius 1 is 1.17 bits per heavy atom. The smallest absolute Gasteiger partial charge is 0.243 e. The molecule has 0 aliphatic heterocycles. The molecule has 0 unspecified atom stereocenters. The minimum atomic E-state index is -3.67. The summed E-state index contributed by atoms with van der Waals surface area (Å²) in [7, 11) is -2.28. The number of carbonyl (C=O) groups is 1. The maximum absolute atomic E-state index is 12.4. The highest BCUT2D eigenvalue weighted by atomic mass is 127. The van der Waals surface area contributed by atoms with Crippen LogP contribution in [0, 0.1) is 10.5 Å². The molecule has 0 radical (unpaired) electrons. The number of anilines is 1. The zero-order valence-corrected chi connectivity index (χ0v) is 15.8. The van der Waals surface area contributed by atoms with Gasteiger partial charge in [-0.1, -0.05) is 24.3 Å². The van der Waals surface area contributed by atoms with Crippen LogP contribution in [-0.4, -0.2) is 32.2 Å².